The predicted octanol–water partition coefficient (Wildman–Crippen LogP) is 1.49. The Labute approximate surface area is 94.2 Å². The third-order valence-corrected chi connectivity index (χ3v) is 3.08. The van der Waals surface area contributed by atoms with Crippen LogP contribution in [0.15, 0.2) is 0 Å². The summed E-state index contributed by atoms with van der Waals surface area (Å²) in [5, 5.41) is 3.17. The summed E-state index contributed by atoms with van der Waals surface area (Å²) in [6.07, 6.45) is 6.96. The van der Waals surface area contributed by atoms with E-state index >= 15 is 0 Å². The summed E-state index contributed by atoms with van der Waals surface area (Å²) in [7, 11) is 4.20. The van der Waals surface area contributed by atoms with Crippen molar-refractivity contribution in [3.63, 3.8) is 0 Å². The lowest BCUT2D eigenvalue weighted by atomic mass is 10.0. The zero-order chi connectivity index (χ0) is 10.9. The highest BCUT2D eigenvalue weighted by atomic mass is 16.5. The minimum Gasteiger partial charge on any atom is -0.378 e. The van der Waals surface area contributed by atoms with Crippen LogP contribution in [0.1, 0.15) is 32.1 Å². The van der Waals surface area contributed by atoms with Crippen molar-refractivity contribution < 1.29 is 4.74 Å². The second-order valence-corrected chi connectivity index (χ2v) is 4.54. The van der Waals surface area contributed by atoms with E-state index in [1.807, 2.05) is 7.05 Å². The molecule has 1 N–H and O–H groups in total. The number of rotatable bonds is 7. The van der Waals surface area contributed by atoms with E-state index in [4.69, 9.17) is 4.74 Å². The second-order valence-electron chi connectivity index (χ2n) is 4.54. The van der Waals surface area contributed by atoms with Crippen molar-refractivity contribution in [1.29, 1.82) is 0 Å². The van der Waals surface area contributed by atoms with Gasteiger partial charge in [0.1, 0.15) is 0 Å². The summed E-state index contributed by atoms with van der Waals surface area (Å²) in [5.74, 6) is 0. The molecule has 1 atom stereocenters. The monoisotopic (exact) mass is 214 g/mol. The van der Waals surface area contributed by atoms with Gasteiger partial charge in [0.05, 0.1) is 6.10 Å². The van der Waals surface area contributed by atoms with Crippen LogP contribution in [0, 0.1) is 0 Å². The first-order valence-corrected chi connectivity index (χ1v) is 6.27. The van der Waals surface area contributed by atoms with Gasteiger partial charge in [0, 0.05) is 19.7 Å². The summed E-state index contributed by atoms with van der Waals surface area (Å²) in [5.41, 5.74) is 0. The van der Waals surface area contributed by atoms with E-state index in [1.165, 1.54) is 38.6 Å². The lowest BCUT2D eigenvalue weighted by molar-refractivity contribution is 0.00901. The van der Waals surface area contributed by atoms with Crippen molar-refractivity contribution in [2.45, 2.75) is 38.2 Å². The van der Waals surface area contributed by atoms with Crippen LogP contribution >= 0.6 is 0 Å². The number of nitrogens with zero attached hydrogens (tertiary/aromatic N) is 1. The Bertz CT molecular complexity index is 147. The Morgan fingerprint density at radius 3 is 2.87 bits per heavy atom. The van der Waals surface area contributed by atoms with Gasteiger partial charge in [-0.1, -0.05) is 0 Å². The Morgan fingerprint density at radius 2 is 2.20 bits per heavy atom. The van der Waals surface area contributed by atoms with Gasteiger partial charge in [-0.25, -0.2) is 0 Å². The number of likely N-dealkylation sites (N-methyl/N-ethyl adjacent to an activating group) is 2. The van der Waals surface area contributed by atoms with Crippen LogP contribution in [0.4, 0.5) is 0 Å². The largest absolute Gasteiger partial charge is 0.378 e. The highest BCUT2D eigenvalue weighted by Crippen LogP contribution is 2.16. The molecule has 1 saturated heterocycles. The molecule has 0 aliphatic carbocycles. The fraction of sp³-hybridized carbons (Fsp3) is 1.00. The van der Waals surface area contributed by atoms with E-state index < -0.39 is 0 Å². The van der Waals surface area contributed by atoms with Crippen molar-refractivity contribution in [2.75, 3.05) is 40.3 Å². The molecule has 0 bridgehead atoms. The number of hydrogen-bond acceptors (Lipinski definition) is 3. The van der Waals surface area contributed by atoms with Crippen molar-refractivity contribution in [2.24, 2.45) is 0 Å². The predicted molar refractivity (Wildman–Crippen MR) is 64.2 cm³/mol. The molecular weight excluding hydrogens is 188 g/mol. The summed E-state index contributed by atoms with van der Waals surface area (Å²) < 4.78 is 5.71. The first-order chi connectivity index (χ1) is 7.33. The van der Waals surface area contributed by atoms with Crippen LogP contribution in [0.5, 0.6) is 0 Å². The van der Waals surface area contributed by atoms with Crippen LogP contribution in [0.25, 0.3) is 0 Å². The average molecular weight is 214 g/mol. The van der Waals surface area contributed by atoms with Gasteiger partial charge in [-0.2, -0.15) is 0 Å². The molecule has 0 spiro atoms. The first-order valence-electron chi connectivity index (χ1n) is 6.27. The highest BCUT2D eigenvalue weighted by Gasteiger charge is 2.13. The van der Waals surface area contributed by atoms with Gasteiger partial charge in [-0.3, -0.25) is 0 Å². The molecule has 0 radical (unpaired) electrons. The lowest BCUT2D eigenvalue weighted by Gasteiger charge is -2.23. The molecule has 3 nitrogen and oxygen atoms in total. The van der Waals surface area contributed by atoms with Crippen LogP contribution in [-0.2, 0) is 4.74 Å². The molecule has 1 aliphatic heterocycles. The molecule has 1 unspecified atom stereocenters. The molecule has 1 aliphatic rings. The summed E-state index contributed by atoms with van der Waals surface area (Å²) in [6, 6.07) is 0. The van der Waals surface area contributed by atoms with Crippen LogP contribution in [0.2, 0.25) is 0 Å². The Kier molecular flexibility index (Phi) is 6.98. The fourth-order valence-electron chi connectivity index (χ4n) is 2.04. The van der Waals surface area contributed by atoms with Crippen molar-refractivity contribution in [3.8, 4) is 0 Å². The van der Waals surface area contributed by atoms with E-state index in [0.717, 1.165) is 19.7 Å². The van der Waals surface area contributed by atoms with Crippen LogP contribution < -0.4 is 5.32 Å². The maximum atomic E-state index is 5.71. The molecule has 0 aromatic rings. The van der Waals surface area contributed by atoms with E-state index in [2.05, 4.69) is 17.3 Å². The summed E-state index contributed by atoms with van der Waals surface area (Å²) in [4.78, 5) is 2.39. The number of nitrogens with one attached hydrogen (secondary N) is 1. The van der Waals surface area contributed by atoms with Gasteiger partial charge in [-0.15, -0.1) is 0 Å². The van der Waals surface area contributed by atoms with Gasteiger partial charge < -0.3 is 15.0 Å². The molecule has 0 amide bonds. The van der Waals surface area contributed by atoms with E-state index in [-0.39, 0.29) is 0 Å². The maximum absolute atomic E-state index is 5.71. The number of hydrogen-bond donors (Lipinski definition) is 1. The first kappa shape index (κ1) is 12.9. The van der Waals surface area contributed by atoms with E-state index in [1.54, 1.807) is 0 Å². The number of ether oxygens (including phenoxy) is 1. The third-order valence-electron chi connectivity index (χ3n) is 3.08. The zero-order valence-electron chi connectivity index (χ0n) is 10.3. The topological polar surface area (TPSA) is 24.5 Å². The Morgan fingerprint density at radius 1 is 1.33 bits per heavy atom. The van der Waals surface area contributed by atoms with Crippen molar-refractivity contribution in [1.82, 2.24) is 10.2 Å². The van der Waals surface area contributed by atoms with Gasteiger partial charge in [0.25, 0.3) is 0 Å². The van der Waals surface area contributed by atoms with Crippen LogP contribution in [-0.4, -0.2) is 51.3 Å². The summed E-state index contributed by atoms with van der Waals surface area (Å²) >= 11 is 0. The SMILES string of the molecule is CNCCN(C)CCCC1CCCCO1. The smallest absolute Gasteiger partial charge is 0.0575 e. The van der Waals surface area contributed by atoms with Gasteiger partial charge in [0.15, 0.2) is 0 Å². The van der Waals surface area contributed by atoms with E-state index in [9.17, 15) is 0 Å². The van der Waals surface area contributed by atoms with Crippen molar-refractivity contribution in [3.05, 3.63) is 0 Å². The molecule has 0 aromatic carbocycles. The molecule has 1 rings (SSSR count). The molecule has 3 heteroatoms. The Hall–Kier alpha value is -0.120. The van der Waals surface area contributed by atoms with E-state index in [0.29, 0.717) is 6.10 Å². The molecule has 1 fully saturated rings. The average Bonchev–Trinajstić information content (AvgIpc) is 2.28. The molecule has 0 aromatic heterocycles. The molecule has 0 saturated carbocycles. The van der Waals surface area contributed by atoms with Crippen LogP contribution in [0.3, 0.4) is 0 Å². The normalized spacial score (nSPS) is 22.2. The van der Waals surface area contributed by atoms with Gasteiger partial charge in [0.2, 0.25) is 0 Å². The highest BCUT2D eigenvalue weighted by molar-refractivity contribution is 4.64. The summed E-state index contributed by atoms with van der Waals surface area (Å²) in [6.45, 7) is 4.40. The quantitative estimate of drug-likeness (QED) is 0.695. The van der Waals surface area contributed by atoms with Gasteiger partial charge in [-0.05, 0) is 52.7 Å². The second kappa shape index (κ2) is 8.08. The zero-order valence-corrected chi connectivity index (χ0v) is 10.3. The maximum Gasteiger partial charge on any atom is 0.0575 e. The fourth-order valence-corrected chi connectivity index (χ4v) is 2.04. The Balaban J connectivity index is 1.94. The van der Waals surface area contributed by atoms with Crippen molar-refractivity contribution >= 4 is 0 Å². The standard InChI is InChI=1S/C12H26N2O/c1-13-8-10-14(2)9-5-7-12-6-3-4-11-15-12/h12-13H,3-11H2,1-2H3. The minimum atomic E-state index is 0.552. The third kappa shape index (κ3) is 6.13. The molecular formula is C12H26N2O. The lowest BCUT2D eigenvalue weighted by Crippen LogP contribution is -2.29. The van der Waals surface area contributed by atoms with Gasteiger partial charge >= 0.3 is 0 Å². The minimum absolute atomic E-state index is 0.552. The molecule has 15 heavy (non-hydrogen) atoms. The molecule has 90 valence electrons. The molecule has 1 heterocycles.